The van der Waals surface area contributed by atoms with Gasteiger partial charge in [-0.25, -0.2) is 13.2 Å². The summed E-state index contributed by atoms with van der Waals surface area (Å²) in [7, 11) is -1.99. The predicted molar refractivity (Wildman–Crippen MR) is 126 cm³/mol. The van der Waals surface area contributed by atoms with Crippen LogP contribution in [-0.4, -0.2) is 53.9 Å². The van der Waals surface area contributed by atoms with E-state index < -0.39 is 22.1 Å². The first kappa shape index (κ1) is 24.7. The van der Waals surface area contributed by atoms with Crippen molar-refractivity contribution in [2.75, 3.05) is 43.0 Å². The second-order valence-corrected chi connectivity index (χ2v) is 9.32. The molecular weight excluding hydrogens is 468 g/mol. The molecule has 1 N–H and O–H groups in total. The van der Waals surface area contributed by atoms with E-state index in [4.69, 9.17) is 25.8 Å². The minimum Gasteiger partial charge on any atom is -0.490 e. The number of nitrogens with zero attached hydrogens (tertiary/aromatic N) is 1. The summed E-state index contributed by atoms with van der Waals surface area (Å²) in [6.45, 7) is 4.70. The highest BCUT2D eigenvalue weighted by atomic mass is 35.5. The number of likely N-dealkylation sites (N-methyl/N-ethyl adjacent to an activating group) is 1. The van der Waals surface area contributed by atoms with Gasteiger partial charge >= 0.3 is 5.97 Å². The third kappa shape index (κ3) is 6.32. The van der Waals surface area contributed by atoms with Gasteiger partial charge in [0.1, 0.15) is 19.0 Å². The van der Waals surface area contributed by atoms with Crippen molar-refractivity contribution in [1.82, 2.24) is 0 Å². The Hall–Kier alpha value is -2.93. The maximum Gasteiger partial charge on any atom is 0.334 e. The van der Waals surface area contributed by atoms with Crippen LogP contribution in [0.1, 0.15) is 19.4 Å². The number of ether oxygens (including phenoxy) is 3. The highest BCUT2D eigenvalue weighted by molar-refractivity contribution is 7.92. The number of nitrogens with one attached hydrogen (secondary N) is 1. The van der Waals surface area contributed by atoms with Gasteiger partial charge in [0.2, 0.25) is 0 Å². The molecule has 1 heterocycles. The number of fused-ring (bicyclic) bond motifs is 1. The molecule has 0 amide bonds. The Kier molecular flexibility index (Phi) is 8.08. The topological polar surface area (TPSA) is 94.2 Å². The third-order valence-electron chi connectivity index (χ3n) is 4.81. The van der Waals surface area contributed by atoms with Gasteiger partial charge in [0.15, 0.2) is 6.10 Å². The van der Waals surface area contributed by atoms with Crippen molar-refractivity contribution >= 4 is 39.0 Å². The lowest BCUT2D eigenvalue weighted by Gasteiger charge is -2.27. The number of hydrogen-bond donors (Lipinski definition) is 1. The van der Waals surface area contributed by atoms with Crippen LogP contribution in [0.5, 0.6) is 5.75 Å². The first-order valence-electron chi connectivity index (χ1n) is 10.3. The molecule has 1 atom stereocenters. The first-order valence-corrected chi connectivity index (χ1v) is 12.1. The molecule has 8 nitrogen and oxygen atoms in total. The fraction of sp³-hybridized carbons (Fsp3) is 0.348. The molecule has 0 aliphatic carbocycles. The number of rotatable bonds is 7. The van der Waals surface area contributed by atoms with E-state index in [-0.39, 0.29) is 23.8 Å². The van der Waals surface area contributed by atoms with Crippen molar-refractivity contribution in [1.29, 1.82) is 0 Å². The highest BCUT2D eigenvalue weighted by Crippen LogP contribution is 2.33. The standard InChI is InChI=1S/C23H25ClN2O6S/c1-4-30-23(27)16(2)31-12-5-6-17-14-18(24)7-9-20(17)25-33(28,29)19-8-10-21-22(15-19)32-13-11-26(21)3/h7-10,14-16,25H,4,11-13H2,1-3H3. The van der Waals surface area contributed by atoms with Crippen LogP contribution in [0.15, 0.2) is 41.3 Å². The van der Waals surface area contributed by atoms with E-state index in [1.807, 2.05) is 11.9 Å². The number of carbonyl (C=O) groups excluding carboxylic acids is 1. The van der Waals surface area contributed by atoms with Crippen LogP contribution in [0.25, 0.3) is 0 Å². The normalized spacial score (nSPS) is 13.8. The molecule has 1 aliphatic heterocycles. The zero-order chi connectivity index (χ0) is 24.0. The summed E-state index contributed by atoms with van der Waals surface area (Å²) in [6, 6.07) is 9.39. The number of sulfonamides is 1. The second-order valence-electron chi connectivity index (χ2n) is 7.20. The van der Waals surface area contributed by atoms with E-state index in [0.29, 0.717) is 22.9 Å². The Labute approximate surface area is 198 Å². The quantitative estimate of drug-likeness (QED) is 0.468. The predicted octanol–water partition coefficient (Wildman–Crippen LogP) is 3.29. The van der Waals surface area contributed by atoms with Crippen LogP contribution in [0.3, 0.4) is 0 Å². The molecule has 10 heteroatoms. The van der Waals surface area contributed by atoms with Crippen molar-refractivity contribution in [2.24, 2.45) is 0 Å². The van der Waals surface area contributed by atoms with Crippen molar-refractivity contribution in [3.63, 3.8) is 0 Å². The molecule has 0 aromatic heterocycles. The molecule has 0 radical (unpaired) electrons. The van der Waals surface area contributed by atoms with Gasteiger partial charge in [-0.2, -0.15) is 0 Å². The summed E-state index contributed by atoms with van der Waals surface area (Å²) in [4.78, 5) is 13.7. The lowest BCUT2D eigenvalue weighted by molar-refractivity contribution is -0.154. The number of anilines is 2. The zero-order valence-corrected chi connectivity index (χ0v) is 20.1. The number of esters is 1. The Morgan fingerprint density at radius 1 is 1.30 bits per heavy atom. The molecule has 3 rings (SSSR count). The number of benzene rings is 2. The molecule has 0 saturated heterocycles. The van der Waals surface area contributed by atoms with Gasteiger partial charge in [0, 0.05) is 18.1 Å². The molecule has 0 spiro atoms. The second kappa shape index (κ2) is 10.8. The fourth-order valence-electron chi connectivity index (χ4n) is 3.04. The zero-order valence-electron chi connectivity index (χ0n) is 18.6. The summed E-state index contributed by atoms with van der Waals surface area (Å²) < 4.78 is 44.4. The number of hydrogen-bond acceptors (Lipinski definition) is 7. The molecule has 2 aromatic rings. The Morgan fingerprint density at radius 3 is 2.85 bits per heavy atom. The SMILES string of the molecule is CCOC(=O)C(C)OCC#Cc1cc(Cl)ccc1NS(=O)(=O)c1ccc2c(c1)OCCN2C. The molecule has 0 bridgehead atoms. The minimum atomic E-state index is -3.91. The van der Waals surface area contributed by atoms with Gasteiger partial charge in [0.05, 0.1) is 35.0 Å². The largest absolute Gasteiger partial charge is 0.490 e. The van der Waals surface area contributed by atoms with Crippen LogP contribution in [0, 0.1) is 11.8 Å². The lowest BCUT2D eigenvalue weighted by atomic mass is 10.2. The monoisotopic (exact) mass is 492 g/mol. The average Bonchev–Trinajstić information content (AvgIpc) is 2.78. The molecular formula is C23H25ClN2O6S. The Bertz CT molecular complexity index is 1190. The summed E-state index contributed by atoms with van der Waals surface area (Å²) in [5, 5.41) is 0.397. The summed E-state index contributed by atoms with van der Waals surface area (Å²) in [5.41, 5.74) is 1.46. The van der Waals surface area contributed by atoms with Gasteiger partial charge in [-0.1, -0.05) is 23.4 Å². The van der Waals surface area contributed by atoms with Gasteiger partial charge in [-0.3, -0.25) is 4.72 Å². The number of carbonyl (C=O) groups is 1. The highest BCUT2D eigenvalue weighted by Gasteiger charge is 2.21. The van der Waals surface area contributed by atoms with Crippen LogP contribution in [-0.2, 0) is 24.3 Å². The molecule has 33 heavy (non-hydrogen) atoms. The Balaban J connectivity index is 1.77. The molecule has 0 fully saturated rings. The van der Waals surface area contributed by atoms with Gasteiger partial charge in [-0.15, -0.1) is 0 Å². The fourth-order valence-corrected chi connectivity index (χ4v) is 4.31. The molecule has 1 aliphatic rings. The maximum atomic E-state index is 13.0. The molecule has 2 aromatic carbocycles. The molecule has 1 unspecified atom stereocenters. The lowest BCUT2D eigenvalue weighted by Crippen LogP contribution is -2.29. The van der Waals surface area contributed by atoms with E-state index in [1.54, 1.807) is 32.0 Å². The van der Waals surface area contributed by atoms with Gasteiger partial charge in [-0.05, 0) is 44.2 Å². The van der Waals surface area contributed by atoms with Crippen molar-refractivity contribution in [3.8, 4) is 17.6 Å². The van der Waals surface area contributed by atoms with E-state index in [2.05, 4.69) is 16.6 Å². The molecule has 176 valence electrons. The van der Waals surface area contributed by atoms with Crippen LogP contribution < -0.4 is 14.4 Å². The van der Waals surface area contributed by atoms with E-state index >= 15 is 0 Å². The van der Waals surface area contributed by atoms with Crippen molar-refractivity contribution in [3.05, 3.63) is 47.0 Å². The maximum absolute atomic E-state index is 13.0. The average molecular weight is 493 g/mol. The first-order chi connectivity index (χ1) is 15.7. The smallest absolute Gasteiger partial charge is 0.334 e. The van der Waals surface area contributed by atoms with Crippen LogP contribution in [0.4, 0.5) is 11.4 Å². The third-order valence-corrected chi connectivity index (χ3v) is 6.41. The summed E-state index contributed by atoms with van der Waals surface area (Å²) in [6.07, 6.45) is -0.762. The van der Waals surface area contributed by atoms with Crippen molar-refractivity contribution < 1.29 is 27.4 Å². The van der Waals surface area contributed by atoms with Crippen LogP contribution >= 0.6 is 11.6 Å². The summed E-state index contributed by atoms with van der Waals surface area (Å²) in [5.74, 6) is 5.64. The molecule has 0 saturated carbocycles. The van der Waals surface area contributed by atoms with E-state index in [1.165, 1.54) is 18.2 Å². The van der Waals surface area contributed by atoms with Crippen LogP contribution in [0.2, 0.25) is 5.02 Å². The summed E-state index contributed by atoms with van der Waals surface area (Å²) >= 11 is 6.08. The minimum absolute atomic E-state index is 0.0473. The van der Waals surface area contributed by atoms with Crippen molar-refractivity contribution in [2.45, 2.75) is 24.8 Å². The Morgan fingerprint density at radius 2 is 2.09 bits per heavy atom. The number of halogens is 1. The van der Waals surface area contributed by atoms with Gasteiger partial charge in [0.25, 0.3) is 10.0 Å². The van der Waals surface area contributed by atoms with E-state index in [9.17, 15) is 13.2 Å². The van der Waals surface area contributed by atoms with E-state index in [0.717, 1.165) is 12.2 Å². The van der Waals surface area contributed by atoms with Gasteiger partial charge < -0.3 is 19.1 Å².